The van der Waals surface area contributed by atoms with E-state index in [2.05, 4.69) is 17.1 Å². The first-order valence-corrected chi connectivity index (χ1v) is 10.8. The third-order valence-electron chi connectivity index (χ3n) is 5.32. The highest BCUT2D eigenvalue weighted by molar-refractivity contribution is 7.17. The summed E-state index contributed by atoms with van der Waals surface area (Å²) in [4.78, 5) is 29.3. The van der Waals surface area contributed by atoms with Crippen LogP contribution in [-0.2, 0) is 17.7 Å². The summed E-state index contributed by atoms with van der Waals surface area (Å²) in [5.41, 5.74) is 2.14. The Hall–Kier alpha value is -2.70. The van der Waals surface area contributed by atoms with E-state index in [1.54, 1.807) is 6.92 Å². The third kappa shape index (κ3) is 3.78. The third-order valence-corrected chi connectivity index (χ3v) is 6.46. The van der Waals surface area contributed by atoms with E-state index in [0.717, 1.165) is 47.3 Å². The number of fused-ring (bicyclic) bond motifs is 2. The first kappa shape index (κ1) is 19.6. The topological polar surface area (TPSA) is 58.6 Å². The minimum absolute atomic E-state index is 0.210. The Kier molecular flexibility index (Phi) is 5.65. The quantitative estimate of drug-likeness (QED) is 0.621. The minimum atomic E-state index is -0.358. The zero-order valence-electron chi connectivity index (χ0n) is 16.7. The van der Waals surface area contributed by atoms with Gasteiger partial charge in [-0.25, -0.2) is 4.79 Å². The van der Waals surface area contributed by atoms with E-state index in [0.29, 0.717) is 22.7 Å². The van der Waals surface area contributed by atoms with Crippen molar-refractivity contribution in [2.24, 2.45) is 0 Å². The predicted molar refractivity (Wildman–Crippen MR) is 117 cm³/mol. The zero-order valence-corrected chi connectivity index (χ0v) is 17.5. The molecule has 6 heteroatoms. The van der Waals surface area contributed by atoms with Crippen LogP contribution in [0.1, 0.15) is 45.0 Å². The van der Waals surface area contributed by atoms with Gasteiger partial charge >= 0.3 is 5.97 Å². The van der Waals surface area contributed by atoms with Crippen molar-refractivity contribution in [3.63, 3.8) is 0 Å². The lowest BCUT2D eigenvalue weighted by Gasteiger charge is -2.25. The average Bonchev–Trinajstić information content (AvgIpc) is 3.10. The van der Waals surface area contributed by atoms with E-state index in [9.17, 15) is 9.59 Å². The van der Waals surface area contributed by atoms with Crippen molar-refractivity contribution in [2.75, 3.05) is 25.0 Å². The fourth-order valence-electron chi connectivity index (χ4n) is 3.83. The van der Waals surface area contributed by atoms with Crippen molar-refractivity contribution < 1.29 is 14.3 Å². The normalized spacial score (nSPS) is 13.9. The molecular formula is C23H24N2O3S. The van der Waals surface area contributed by atoms with E-state index in [4.69, 9.17) is 4.74 Å². The molecule has 4 rings (SSSR count). The van der Waals surface area contributed by atoms with Gasteiger partial charge in [0.15, 0.2) is 0 Å². The predicted octanol–water partition coefficient (Wildman–Crippen LogP) is 4.71. The Morgan fingerprint density at radius 3 is 2.72 bits per heavy atom. The standard InChI is InChI=1S/C23H24N2O3S/c1-3-25-13-12-18-19(14-25)29-22(20(18)23(27)28-4-2)24-21(26)17-11-7-9-15-8-5-6-10-16(15)17/h5-11H,3-4,12-14H2,1-2H3,(H,24,26). The van der Waals surface area contributed by atoms with Gasteiger partial charge in [0.25, 0.3) is 5.91 Å². The molecule has 29 heavy (non-hydrogen) atoms. The molecule has 3 aromatic rings. The lowest BCUT2D eigenvalue weighted by Crippen LogP contribution is -2.30. The van der Waals surface area contributed by atoms with Gasteiger partial charge in [-0.3, -0.25) is 9.69 Å². The molecule has 0 saturated heterocycles. The van der Waals surface area contributed by atoms with Crippen LogP contribution in [0.5, 0.6) is 0 Å². The van der Waals surface area contributed by atoms with Gasteiger partial charge in [0.05, 0.1) is 12.2 Å². The monoisotopic (exact) mass is 408 g/mol. The highest BCUT2D eigenvalue weighted by Gasteiger charge is 2.29. The minimum Gasteiger partial charge on any atom is -0.462 e. The van der Waals surface area contributed by atoms with Crippen molar-refractivity contribution in [1.29, 1.82) is 0 Å². The van der Waals surface area contributed by atoms with Crippen LogP contribution >= 0.6 is 11.3 Å². The molecule has 0 saturated carbocycles. The molecule has 0 bridgehead atoms. The maximum atomic E-state index is 13.1. The molecule has 0 atom stereocenters. The number of rotatable bonds is 5. The van der Waals surface area contributed by atoms with E-state index in [-0.39, 0.29) is 11.9 Å². The number of amides is 1. The Morgan fingerprint density at radius 2 is 1.93 bits per heavy atom. The summed E-state index contributed by atoms with van der Waals surface area (Å²) in [6.45, 7) is 6.90. The second kappa shape index (κ2) is 8.35. The number of nitrogens with zero attached hydrogens (tertiary/aromatic N) is 1. The van der Waals surface area contributed by atoms with E-state index < -0.39 is 0 Å². The van der Waals surface area contributed by atoms with Crippen LogP contribution in [0.3, 0.4) is 0 Å². The maximum Gasteiger partial charge on any atom is 0.341 e. The average molecular weight is 409 g/mol. The summed E-state index contributed by atoms with van der Waals surface area (Å²) < 4.78 is 5.31. The molecule has 0 radical (unpaired) electrons. The fourth-order valence-corrected chi connectivity index (χ4v) is 5.10. The summed E-state index contributed by atoms with van der Waals surface area (Å²) in [6, 6.07) is 13.5. The maximum absolute atomic E-state index is 13.1. The Morgan fingerprint density at radius 1 is 1.14 bits per heavy atom. The largest absolute Gasteiger partial charge is 0.462 e. The van der Waals surface area contributed by atoms with Gasteiger partial charge < -0.3 is 10.1 Å². The Balaban J connectivity index is 1.71. The first-order valence-electron chi connectivity index (χ1n) is 9.95. The van der Waals surface area contributed by atoms with Crippen LogP contribution in [-0.4, -0.2) is 36.5 Å². The van der Waals surface area contributed by atoms with Crippen LogP contribution in [0.2, 0.25) is 0 Å². The molecule has 1 amide bonds. The number of esters is 1. The van der Waals surface area contributed by atoms with Crippen molar-refractivity contribution in [3.8, 4) is 0 Å². The molecule has 2 aromatic carbocycles. The van der Waals surface area contributed by atoms with Crippen molar-refractivity contribution in [2.45, 2.75) is 26.8 Å². The van der Waals surface area contributed by atoms with Crippen molar-refractivity contribution in [1.82, 2.24) is 4.90 Å². The summed E-state index contributed by atoms with van der Waals surface area (Å²) in [7, 11) is 0. The molecule has 0 fully saturated rings. The summed E-state index contributed by atoms with van der Waals surface area (Å²) in [6.07, 6.45) is 0.790. The number of likely N-dealkylation sites (N-methyl/N-ethyl adjacent to an activating group) is 1. The molecule has 150 valence electrons. The van der Waals surface area contributed by atoms with Gasteiger partial charge in [0.2, 0.25) is 0 Å². The van der Waals surface area contributed by atoms with Gasteiger partial charge in [0, 0.05) is 23.5 Å². The Bertz CT molecular complexity index is 1070. The van der Waals surface area contributed by atoms with Crippen LogP contribution in [0.4, 0.5) is 5.00 Å². The van der Waals surface area contributed by atoms with Gasteiger partial charge in [0.1, 0.15) is 5.00 Å². The number of anilines is 1. The second-order valence-corrected chi connectivity index (χ2v) is 8.13. The van der Waals surface area contributed by atoms with Crippen molar-refractivity contribution >= 4 is 39.0 Å². The number of hydrogen-bond donors (Lipinski definition) is 1. The molecule has 5 nitrogen and oxygen atoms in total. The van der Waals surface area contributed by atoms with Gasteiger partial charge in [-0.2, -0.15) is 0 Å². The SMILES string of the molecule is CCOC(=O)c1c(NC(=O)c2cccc3ccccc23)sc2c1CCN(CC)C2. The van der Waals surface area contributed by atoms with E-state index >= 15 is 0 Å². The number of ether oxygens (including phenoxy) is 1. The Labute approximate surface area is 174 Å². The summed E-state index contributed by atoms with van der Waals surface area (Å²) >= 11 is 1.49. The molecule has 1 aliphatic heterocycles. The van der Waals surface area contributed by atoms with Gasteiger partial charge in [-0.15, -0.1) is 11.3 Å². The van der Waals surface area contributed by atoms with Crippen LogP contribution in [0, 0.1) is 0 Å². The molecule has 0 unspecified atom stereocenters. The summed E-state index contributed by atoms with van der Waals surface area (Å²) in [5, 5.41) is 5.50. The van der Waals surface area contributed by atoms with Gasteiger partial charge in [-0.05, 0) is 42.3 Å². The molecule has 1 aliphatic rings. The second-order valence-electron chi connectivity index (χ2n) is 7.03. The number of hydrogen-bond acceptors (Lipinski definition) is 5. The van der Waals surface area contributed by atoms with Gasteiger partial charge in [-0.1, -0.05) is 43.3 Å². The van der Waals surface area contributed by atoms with Crippen molar-refractivity contribution in [3.05, 3.63) is 64.0 Å². The van der Waals surface area contributed by atoms with Crippen LogP contribution < -0.4 is 5.32 Å². The number of nitrogens with one attached hydrogen (secondary N) is 1. The number of thiophene rings is 1. The highest BCUT2D eigenvalue weighted by Crippen LogP contribution is 2.38. The lowest BCUT2D eigenvalue weighted by molar-refractivity contribution is 0.0526. The molecule has 0 aliphatic carbocycles. The fraction of sp³-hybridized carbons (Fsp3) is 0.304. The van der Waals surface area contributed by atoms with E-state index in [1.807, 2.05) is 42.5 Å². The molecule has 0 spiro atoms. The number of carbonyl (C=O) groups excluding carboxylic acids is 2. The highest BCUT2D eigenvalue weighted by atomic mass is 32.1. The van der Waals surface area contributed by atoms with E-state index in [1.165, 1.54) is 11.3 Å². The number of carbonyl (C=O) groups is 2. The van der Waals surface area contributed by atoms with Crippen LogP contribution in [0.25, 0.3) is 10.8 Å². The lowest BCUT2D eigenvalue weighted by atomic mass is 10.0. The smallest absolute Gasteiger partial charge is 0.341 e. The molecule has 1 N–H and O–H groups in total. The molecule has 1 aromatic heterocycles. The summed E-state index contributed by atoms with van der Waals surface area (Å²) in [5.74, 6) is -0.568. The first-order chi connectivity index (χ1) is 14.1. The number of benzene rings is 2. The molecular weight excluding hydrogens is 384 g/mol. The zero-order chi connectivity index (χ0) is 20.4. The molecule has 2 heterocycles. The van der Waals surface area contributed by atoms with Crippen LogP contribution in [0.15, 0.2) is 42.5 Å².